The predicted octanol–water partition coefficient (Wildman–Crippen LogP) is 2.73. The van der Waals surface area contributed by atoms with Gasteiger partial charge in [-0.15, -0.1) is 0 Å². The number of nitrogens with zero attached hydrogens (tertiary/aromatic N) is 1. The van der Waals surface area contributed by atoms with E-state index in [1.54, 1.807) is 0 Å². The highest BCUT2D eigenvalue weighted by Crippen LogP contribution is 2.18. The zero-order chi connectivity index (χ0) is 15.9. The molecule has 1 atom stereocenters. The van der Waals surface area contributed by atoms with Crippen molar-refractivity contribution in [2.75, 3.05) is 26.7 Å². The fourth-order valence-electron chi connectivity index (χ4n) is 3.06. The quantitative estimate of drug-likeness (QED) is 0.659. The number of fused-ring (bicyclic) bond motifs is 1. The van der Waals surface area contributed by atoms with Gasteiger partial charge in [0.15, 0.2) is 5.96 Å². The third kappa shape index (κ3) is 4.23. The van der Waals surface area contributed by atoms with Crippen molar-refractivity contribution in [3.8, 4) is 0 Å². The fraction of sp³-hybridized carbons (Fsp3) is 0.421. The first-order valence-electron chi connectivity index (χ1n) is 8.39. The summed E-state index contributed by atoms with van der Waals surface area (Å²) in [6, 6.07) is 15.0. The van der Waals surface area contributed by atoms with Crippen LogP contribution in [0.2, 0.25) is 0 Å². The molecule has 1 heterocycles. The van der Waals surface area contributed by atoms with Crippen molar-refractivity contribution in [1.82, 2.24) is 10.6 Å². The van der Waals surface area contributed by atoms with Crippen molar-refractivity contribution < 1.29 is 4.74 Å². The lowest BCUT2D eigenvalue weighted by atomic mass is 10.0. The van der Waals surface area contributed by atoms with E-state index in [0.717, 1.165) is 38.5 Å². The number of aliphatic imine (C=N–C) groups is 1. The minimum atomic E-state index is 0.326. The summed E-state index contributed by atoms with van der Waals surface area (Å²) >= 11 is 0. The highest BCUT2D eigenvalue weighted by atomic mass is 16.5. The van der Waals surface area contributed by atoms with Gasteiger partial charge in [-0.1, -0.05) is 42.5 Å². The topological polar surface area (TPSA) is 45.7 Å². The molecule has 0 aromatic heterocycles. The summed E-state index contributed by atoms with van der Waals surface area (Å²) in [6.07, 6.45) is 3.60. The van der Waals surface area contributed by atoms with Crippen LogP contribution in [-0.4, -0.2) is 38.8 Å². The van der Waals surface area contributed by atoms with Crippen LogP contribution in [-0.2, 0) is 11.2 Å². The van der Waals surface area contributed by atoms with Gasteiger partial charge in [0, 0.05) is 26.7 Å². The second-order valence-electron chi connectivity index (χ2n) is 5.90. The first-order chi connectivity index (χ1) is 11.4. The SMILES string of the molecule is CN=C(NCCc1cccc2ccccc12)NCC1CCCO1. The summed E-state index contributed by atoms with van der Waals surface area (Å²) in [6.45, 7) is 2.58. The second-order valence-corrected chi connectivity index (χ2v) is 5.90. The van der Waals surface area contributed by atoms with Gasteiger partial charge in [0.2, 0.25) is 0 Å². The second kappa shape index (κ2) is 7.97. The highest BCUT2D eigenvalue weighted by molar-refractivity contribution is 5.85. The third-order valence-corrected chi connectivity index (χ3v) is 4.31. The molecule has 122 valence electrons. The van der Waals surface area contributed by atoms with Gasteiger partial charge in [-0.3, -0.25) is 4.99 Å². The van der Waals surface area contributed by atoms with Crippen molar-refractivity contribution in [1.29, 1.82) is 0 Å². The number of rotatable bonds is 5. The molecule has 2 N–H and O–H groups in total. The Morgan fingerprint density at radius 3 is 2.87 bits per heavy atom. The summed E-state index contributed by atoms with van der Waals surface area (Å²) in [5, 5.41) is 9.37. The Morgan fingerprint density at radius 2 is 2.04 bits per heavy atom. The maximum absolute atomic E-state index is 5.62. The van der Waals surface area contributed by atoms with Crippen LogP contribution < -0.4 is 10.6 Å². The lowest BCUT2D eigenvalue weighted by Crippen LogP contribution is -2.41. The molecule has 0 aliphatic carbocycles. The predicted molar refractivity (Wildman–Crippen MR) is 96.0 cm³/mol. The molecular weight excluding hydrogens is 286 g/mol. The van der Waals surface area contributed by atoms with E-state index in [1.165, 1.54) is 22.8 Å². The van der Waals surface area contributed by atoms with Gasteiger partial charge in [0.05, 0.1) is 6.10 Å². The smallest absolute Gasteiger partial charge is 0.191 e. The van der Waals surface area contributed by atoms with E-state index in [0.29, 0.717) is 6.10 Å². The van der Waals surface area contributed by atoms with Crippen molar-refractivity contribution in [2.24, 2.45) is 4.99 Å². The molecule has 1 aliphatic heterocycles. The molecule has 1 saturated heterocycles. The molecule has 23 heavy (non-hydrogen) atoms. The Morgan fingerprint density at radius 1 is 1.17 bits per heavy atom. The van der Waals surface area contributed by atoms with Gasteiger partial charge >= 0.3 is 0 Å². The van der Waals surface area contributed by atoms with E-state index in [4.69, 9.17) is 4.74 Å². The summed E-state index contributed by atoms with van der Waals surface area (Å²) in [5.41, 5.74) is 1.37. The number of nitrogens with one attached hydrogen (secondary N) is 2. The van der Waals surface area contributed by atoms with Gasteiger partial charge in [-0.25, -0.2) is 0 Å². The molecule has 1 unspecified atom stereocenters. The van der Waals surface area contributed by atoms with Gasteiger partial charge in [-0.05, 0) is 35.6 Å². The fourth-order valence-corrected chi connectivity index (χ4v) is 3.06. The molecule has 2 aromatic carbocycles. The number of benzene rings is 2. The lowest BCUT2D eigenvalue weighted by Gasteiger charge is -2.15. The molecule has 0 saturated carbocycles. The average molecular weight is 311 g/mol. The number of guanidine groups is 1. The number of ether oxygens (including phenoxy) is 1. The van der Waals surface area contributed by atoms with E-state index >= 15 is 0 Å². The standard InChI is InChI=1S/C19H25N3O/c1-20-19(22-14-17-9-5-13-23-17)21-12-11-16-8-4-7-15-6-2-3-10-18(15)16/h2-4,6-8,10,17H,5,9,11-14H2,1H3,(H2,20,21,22). The van der Waals surface area contributed by atoms with E-state index < -0.39 is 0 Å². The molecular formula is C19H25N3O. The molecule has 3 rings (SSSR count). The first kappa shape index (κ1) is 15.8. The van der Waals surface area contributed by atoms with Gasteiger partial charge < -0.3 is 15.4 Å². The maximum atomic E-state index is 5.62. The van der Waals surface area contributed by atoms with Crippen LogP contribution in [0.3, 0.4) is 0 Å². The van der Waals surface area contributed by atoms with E-state index in [9.17, 15) is 0 Å². The zero-order valence-electron chi connectivity index (χ0n) is 13.7. The molecule has 0 amide bonds. The maximum Gasteiger partial charge on any atom is 0.191 e. The third-order valence-electron chi connectivity index (χ3n) is 4.31. The normalized spacial score (nSPS) is 18.3. The van der Waals surface area contributed by atoms with Crippen LogP contribution >= 0.6 is 0 Å². The summed E-state index contributed by atoms with van der Waals surface area (Å²) < 4.78 is 5.62. The Labute approximate surface area is 138 Å². The molecule has 4 heteroatoms. The zero-order valence-corrected chi connectivity index (χ0v) is 13.7. The van der Waals surface area contributed by atoms with Crippen LogP contribution in [0.5, 0.6) is 0 Å². The molecule has 2 aromatic rings. The summed E-state index contributed by atoms with van der Waals surface area (Å²) in [7, 11) is 1.81. The van der Waals surface area contributed by atoms with Crippen LogP contribution in [0.4, 0.5) is 0 Å². The Balaban J connectivity index is 1.51. The van der Waals surface area contributed by atoms with Crippen LogP contribution in [0, 0.1) is 0 Å². The summed E-state index contributed by atoms with van der Waals surface area (Å²) in [5.74, 6) is 0.848. The Bertz CT molecular complexity index is 657. The van der Waals surface area contributed by atoms with E-state index in [1.807, 2.05) is 7.05 Å². The van der Waals surface area contributed by atoms with Crippen molar-refractivity contribution >= 4 is 16.7 Å². The lowest BCUT2D eigenvalue weighted by molar-refractivity contribution is 0.114. The Hall–Kier alpha value is -2.07. The van der Waals surface area contributed by atoms with Gasteiger partial charge in [0.25, 0.3) is 0 Å². The highest BCUT2D eigenvalue weighted by Gasteiger charge is 2.15. The molecule has 4 nitrogen and oxygen atoms in total. The largest absolute Gasteiger partial charge is 0.376 e. The van der Waals surface area contributed by atoms with Crippen molar-refractivity contribution in [3.63, 3.8) is 0 Å². The van der Waals surface area contributed by atoms with Crippen molar-refractivity contribution in [3.05, 3.63) is 48.0 Å². The van der Waals surface area contributed by atoms with Crippen molar-refractivity contribution in [2.45, 2.75) is 25.4 Å². The molecule has 0 spiro atoms. The van der Waals surface area contributed by atoms with Crippen LogP contribution in [0.15, 0.2) is 47.5 Å². The average Bonchev–Trinajstić information content (AvgIpc) is 3.11. The van der Waals surface area contributed by atoms with E-state index in [-0.39, 0.29) is 0 Å². The minimum Gasteiger partial charge on any atom is -0.376 e. The van der Waals surface area contributed by atoms with Crippen LogP contribution in [0.1, 0.15) is 18.4 Å². The van der Waals surface area contributed by atoms with Crippen LogP contribution in [0.25, 0.3) is 10.8 Å². The number of hydrogen-bond acceptors (Lipinski definition) is 2. The molecule has 1 fully saturated rings. The number of hydrogen-bond donors (Lipinski definition) is 2. The van der Waals surface area contributed by atoms with Gasteiger partial charge in [0.1, 0.15) is 0 Å². The molecule has 1 aliphatic rings. The minimum absolute atomic E-state index is 0.326. The first-order valence-corrected chi connectivity index (χ1v) is 8.39. The Kier molecular flexibility index (Phi) is 5.48. The monoisotopic (exact) mass is 311 g/mol. The van der Waals surface area contributed by atoms with Gasteiger partial charge in [-0.2, -0.15) is 0 Å². The molecule has 0 bridgehead atoms. The van der Waals surface area contributed by atoms with E-state index in [2.05, 4.69) is 58.1 Å². The molecule has 0 radical (unpaired) electrons. The summed E-state index contributed by atoms with van der Waals surface area (Å²) in [4.78, 5) is 4.28.